The van der Waals surface area contributed by atoms with Crippen LogP contribution >= 0.6 is 15.9 Å². The molecule has 0 unspecified atom stereocenters. The molecule has 1 aromatic carbocycles. The Bertz CT molecular complexity index is 628. The first-order valence-corrected chi connectivity index (χ1v) is 5.50. The van der Waals surface area contributed by atoms with Crippen LogP contribution in [0.1, 0.15) is 5.56 Å². The van der Waals surface area contributed by atoms with Crippen LogP contribution in [-0.4, -0.2) is 0 Å². The van der Waals surface area contributed by atoms with E-state index in [0.29, 0.717) is 15.7 Å². The summed E-state index contributed by atoms with van der Waals surface area (Å²) in [5, 5.41) is 28.9. The second-order valence-electron chi connectivity index (χ2n) is 3.29. The van der Waals surface area contributed by atoms with Crippen molar-refractivity contribution in [3.05, 3.63) is 39.3 Å². The molecule has 1 aromatic rings. The molecule has 6 heteroatoms. The van der Waals surface area contributed by atoms with Gasteiger partial charge in [-0.15, -0.1) is 0 Å². The van der Waals surface area contributed by atoms with Crippen LogP contribution in [0.5, 0.6) is 0 Å². The molecule has 1 rings (SSSR count). The van der Waals surface area contributed by atoms with Gasteiger partial charge in [0.2, 0.25) is 0 Å². The van der Waals surface area contributed by atoms with Gasteiger partial charge in [0.1, 0.15) is 29.7 Å². The van der Waals surface area contributed by atoms with Crippen LogP contribution in [0.3, 0.4) is 0 Å². The van der Waals surface area contributed by atoms with Crippen molar-refractivity contribution < 1.29 is 4.39 Å². The lowest BCUT2D eigenvalue weighted by Crippen LogP contribution is -2.02. The Balaban J connectivity index is 3.26. The van der Waals surface area contributed by atoms with Crippen molar-refractivity contribution in [3.8, 4) is 18.2 Å². The third kappa shape index (κ3) is 2.85. The van der Waals surface area contributed by atoms with Gasteiger partial charge in [-0.2, -0.15) is 15.8 Å². The Morgan fingerprint density at radius 1 is 1.22 bits per heavy atom. The van der Waals surface area contributed by atoms with E-state index in [0.717, 1.165) is 0 Å². The topological polar surface area (TPSA) is 83.4 Å². The average molecular weight is 305 g/mol. The minimum absolute atomic E-state index is 0.174. The van der Waals surface area contributed by atoms with Crippen molar-refractivity contribution in [3.63, 3.8) is 0 Å². The van der Waals surface area contributed by atoms with E-state index in [1.807, 2.05) is 0 Å². The summed E-state index contributed by atoms with van der Waals surface area (Å²) in [5.74, 6) is -0.393. The number of allylic oxidation sites excluding steroid dienone is 2. The summed E-state index contributed by atoms with van der Waals surface area (Å²) in [6.07, 6.45) is 0. The smallest absolute Gasteiger partial charge is 0.163 e. The molecule has 0 aliphatic carbocycles. The molecule has 0 fully saturated rings. The molecule has 0 aliphatic heterocycles. The van der Waals surface area contributed by atoms with E-state index in [2.05, 4.69) is 21.2 Å². The SMILES string of the molecule is Cc1cc(NC(C#N)=C(C#N)C#N)c(Br)cc1F. The summed E-state index contributed by atoms with van der Waals surface area (Å²) in [7, 11) is 0. The highest BCUT2D eigenvalue weighted by molar-refractivity contribution is 9.10. The summed E-state index contributed by atoms with van der Waals surface area (Å²) < 4.78 is 13.6. The number of rotatable bonds is 2. The lowest BCUT2D eigenvalue weighted by Gasteiger charge is -2.08. The molecule has 0 radical (unpaired) electrons. The van der Waals surface area contributed by atoms with E-state index in [1.165, 1.54) is 12.1 Å². The van der Waals surface area contributed by atoms with Crippen LogP contribution < -0.4 is 5.32 Å². The number of halogens is 2. The molecule has 0 aromatic heterocycles. The normalized spacial score (nSPS) is 8.67. The second kappa shape index (κ2) is 5.82. The zero-order valence-corrected chi connectivity index (χ0v) is 10.8. The van der Waals surface area contributed by atoms with Gasteiger partial charge in [-0.3, -0.25) is 0 Å². The fourth-order valence-electron chi connectivity index (χ4n) is 1.17. The Morgan fingerprint density at radius 3 is 2.33 bits per heavy atom. The number of aryl methyl sites for hydroxylation is 1. The van der Waals surface area contributed by atoms with E-state index in [-0.39, 0.29) is 11.3 Å². The first-order chi connectivity index (χ1) is 8.53. The number of nitriles is 3. The number of hydrogen-bond donors (Lipinski definition) is 1. The predicted octanol–water partition coefficient (Wildman–Crippen LogP) is 3.13. The summed E-state index contributed by atoms with van der Waals surface area (Å²) in [6.45, 7) is 1.57. The molecule has 0 bridgehead atoms. The fraction of sp³-hybridized carbons (Fsp3) is 0.0833. The van der Waals surface area contributed by atoms with Crippen molar-refractivity contribution in [2.45, 2.75) is 6.92 Å². The zero-order valence-electron chi connectivity index (χ0n) is 9.25. The molecule has 0 heterocycles. The van der Waals surface area contributed by atoms with Crippen LogP contribution in [0.4, 0.5) is 10.1 Å². The molecular formula is C12H6BrFN4. The van der Waals surface area contributed by atoms with Crippen LogP contribution in [0, 0.1) is 46.7 Å². The van der Waals surface area contributed by atoms with Crippen molar-refractivity contribution in [2.75, 3.05) is 5.32 Å². The molecule has 1 N–H and O–H groups in total. The van der Waals surface area contributed by atoms with E-state index < -0.39 is 5.82 Å². The zero-order chi connectivity index (χ0) is 13.7. The highest BCUT2D eigenvalue weighted by Crippen LogP contribution is 2.27. The third-order valence-electron chi connectivity index (χ3n) is 2.09. The number of nitrogens with one attached hydrogen (secondary N) is 1. The fourth-order valence-corrected chi connectivity index (χ4v) is 1.59. The van der Waals surface area contributed by atoms with Gasteiger partial charge in [-0.05, 0) is 40.5 Å². The predicted molar refractivity (Wildman–Crippen MR) is 66.3 cm³/mol. The summed E-state index contributed by atoms with van der Waals surface area (Å²) in [5.41, 5.74) is 0.292. The van der Waals surface area contributed by atoms with Crippen molar-refractivity contribution in [1.82, 2.24) is 0 Å². The Kier molecular flexibility index (Phi) is 4.43. The van der Waals surface area contributed by atoms with Crippen molar-refractivity contribution in [2.24, 2.45) is 0 Å². The van der Waals surface area contributed by atoms with Gasteiger partial charge in [0.25, 0.3) is 0 Å². The quantitative estimate of drug-likeness (QED) is 0.851. The van der Waals surface area contributed by atoms with Gasteiger partial charge in [0.05, 0.1) is 5.69 Å². The number of hydrogen-bond acceptors (Lipinski definition) is 4. The van der Waals surface area contributed by atoms with Crippen molar-refractivity contribution in [1.29, 1.82) is 15.8 Å². The number of nitrogens with zero attached hydrogens (tertiary/aromatic N) is 3. The van der Waals surface area contributed by atoms with Crippen LogP contribution in [0.15, 0.2) is 27.9 Å². The Labute approximate surface area is 112 Å². The first kappa shape index (κ1) is 13.7. The molecule has 18 heavy (non-hydrogen) atoms. The Hall–Kier alpha value is -2.36. The number of benzene rings is 1. The summed E-state index contributed by atoms with van der Waals surface area (Å²) in [6, 6.07) is 7.66. The molecule has 0 atom stereocenters. The van der Waals surface area contributed by atoms with Gasteiger partial charge in [0, 0.05) is 4.47 Å². The molecule has 0 amide bonds. The molecule has 0 spiro atoms. The van der Waals surface area contributed by atoms with E-state index in [4.69, 9.17) is 15.8 Å². The molecule has 4 nitrogen and oxygen atoms in total. The van der Waals surface area contributed by atoms with Gasteiger partial charge >= 0.3 is 0 Å². The molecule has 0 saturated carbocycles. The molecule has 88 valence electrons. The summed E-state index contributed by atoms with van der Waals surface area (Å²) in [4.78, 5) is 0. The monoisotopic (exact) mass is 304 g/mol. The third-order valence-corrected chi connectivity index (χ3v) is 2.75. The molecule has 0 aliphatic rings. The second-order valence-corrected chi connectivity index (χ2v) is 4.15. The maximum absolute atomic E-state index is 13.2. The van der Waals surface area contributed by atoms with Crippen LogP contribution in [-0.2, 0) is 0 Å². The minimum atomic E-state index is -0.393. The molecular weight excluding hydrogens is 299 g/mol. The van der Waals surface area contributed by atoms with Gasteiger partial charge in [-0.25, -0.2) is 4.39 Å². The minimum Gasteiger partial charge on any atom is -0.344 e. The van der Waals surface area contributed by atoms with Gasteiger partial charge < -0.3 is 5.32 Å². The largest absolute Gasteiger partial charge is 0.344 e. The van der Waals surface area contributed by atoms with Crippen LogP contribution in [0.25, 0.3) is 0 Å². The Morgan fingerprint density at radius 2 is 1.83 bits per heavy atom. The highest BCUT2D eigenvalue weighted by atomic mass is 79.9. The first-order valence-electron chi connectivity index (χ1n) is 4.70. The standard InChI is InChI=1S/C12H6BrFN4/c1-7-2-11(9(13)3-10(7)14)18-12(6-17)8(4-15)5-16/h2-3,18H,1H3. The lowest BCUT2D eigenvalue weighted by molar-refractivity contribution is 0.618. The van der Waals surface area contributed by atoms with Gasteiger partial charge in [-0.1, -0.05) is 0 Å². The maximum atomic E-state index is 13.2. The average Bonchev–Trinajstić information content (AvgIpc) is 2.35. The maximum Gasteiger partial charge on any atom is 0.163 e. The van der Waals surface area contributed by atoms with E-state index >= 15 is 0 Å². The van der Waals surface area contributed by atoms with E-state index in [1.54, 1.807) is 25.1 Å². The molecule has 0 saturated heterocycles. The summed E-state index contributed by atoms with van der Waals surface area (Å²) >= 11 is 3.13. The highest BCUT2D eigenvalue weighted by Gasteiger charge is 2.10. The van der Waals surface area contributed by atoms with Crippen LogP contribution in [0.2, 0.25) is 0 Å². The van der Waals surface area contributed by atoms with Crippen molar-refractivity contribution >= 4 is 21.6 Å². The number of anilines is 1. The van der Waals surface area contributed by atoms with Gasteiger partial charge in [0.15, 0.2) is 5.57 Å². The van der Waals surface area contributed by atoms with E-state index in [9.17, 15) is 4.39 Å². The lowest BCUT2D eigenvalue weighted by atomic mass is 10.2.